The maximum Gasteiger partial charge on any atom is 0.292 e. The molecule has 1 aliphatic rings. The maximum absolute atomic E-state index is 12.7. The number of aryl methyl sites for hydroxylation is 2. The van der Waals surface area contributed by atoms with E-state index in [0.29, 0.717) is 29.4 Å². The predicted octanol–water partition coefficient (Wildman–Crippen LogP) is 2.80. The second kappa shape index (κ2) is 7.53. The molecule has 1 unspecified atom stereocenters. The van der Waals surface area contributed by atoms with Gasteiger partial charge < -0.3 is 10.2 Å². The summed E-state index contributed by atoms with van der Waals surface area (Å²) in [5.41, 5.74) is 1.96. The van der Waals surface area contributed by atoms with Crippen molar-refractivity contribution in [2.24, 2.45) is 7.05 Å². The van der Waals surface area contributed by atoms with Gasteiger partial charge in [0.2, 0.25) is 5.91 Å². The van der Waals surface area contributed by atoms with Crippen molar-refractivity contribution in [1.82, 2.24) is 19.6 Å². The van der Waals surface area contributed by atoms with E-state index in [9.17, 15) is 9.59 Å². The van der Waals surface area contributed by atoms with Crippen molar-refractivity contribution >= 4 is 40.5 Å². The highest BCUT2D eigenvalue weighted by atomic mass is 35.5. The zero-order valence-corrected chi connectivity index (χ0v) is 17.3. The van der Waals surface area contributed by atoms with E-state index in [-0.39, 0.29) is 10.9 Å². The molecular formula is C19H18Cl2N6O2. The van der Waals surface area contributed by atoms with Crippen LogP contribution < -0.4 is 15.8 Å². The summed E-state index contributed by atoms with van der Waals surface area (Å²) in [6, 6.07) is 4.70. The van der Waals surface area contributed by atoms with Crippen LogP contribution in [0.25, 0.3) is 5.69 Å². The minimum atomic E-state index is -0.501. The first kappa shape index (κ1) is 19.5. The Hall–Kier alpha value is -2.84. The Labute approximate surface area is 176 Å². The number of halogens is 2. The minimum Gasteiger partial charge on any atom is -0.371 e. The number of benzene rings is 1. The van der Waals surface area contributed by atoms with Crippen molar-refractivity contribution in [3.8, 4) is 5.69 Å². The van der Waals surface area contributed by atoms with E-state index in [1.807, 2.05) is 6.92 Å². The number of hydrogen-bond donors (Lipinski definition) is 1. The summed E-state index contributed by atoms with van der Waals surface area (Å²) in [6.45, 7) is 2.42. The van der Waals surface area contributed by atoms with Crippen molar-refractivity contribution in [3.05, 3.63) is 62.8 Å². The first-order valence-corrected chi connectivity index (χ1v) is 9.71. The standard InChI is InChI=1S/C19H18Cl2N6O2/c1-11-3-4-12(7-14(11)20)27-19(29)17(21)16(9-23-27)24-15-5-6-26(18(15)28)13-8-22-25(2)10-13/h3-4,7-10,15,24H,5-6H2,1-2H3. The highest BCUT2D eigenvalue weighted by molar-refractivity contribution is 6.33. The summed E-state index contributed by atoms with van der Waals surface area (Å²) in [4.78, 5) is 27.1. The van der Waals surface area contributed by atoms with Crippen molar-refractivity contribution in [2.75, 3.05) is 16.8 Å². The molecule has 1 N–H and O–H groups in total. The number of hydrogen-bond acceptors (Lipinski definition) is 5. The Kier molecular flexibility index (Phi) is 5.06. The number of nitrogens with one attached hydrogen (secondary N) is 1. The molecule has 0 aliphatic carbocycles. The Bertz CT molecular complexity index is 1160. The van der Waals surface area contributed by atoms with Crippen LogP contribution in [-0.2, 0) is 11.8 Å². The average molecular weight is 433 g/mol. The SMILES string of the molecule is Cc1ccc(-n2ncc(NC3CCN(c4cnn(C)c4)C3=O)c(Cl)c2=O)cc1Cl. The predicted molar refractivity (Wildman–Crippen MR) is 112 cm³/mol. The van der Waals surface area contributed by atoms with Crippen molar-refractivity contribution < 1.29 is 4.79 Å². The average Bonchev–Trinajstić information content (AvgIpc) is 3.27. The van der Waals surface area contributed by atoms with Gasteiger partial charge in [-0.1, -0.05) is 29.3 Å². The molecule has 2 aromatic heterocycles. The number of rotatable bonds is 4. The van der Waals surface area contributed by atoms with Gasteiger partial charge in [0.05, 0.1) is 29.5 Å². The Balaban J connectivity index is 1.57. The highest BCUT2D eigenvalue weighted by Crippen LogP contribution is 2.25. The van der Waals surface area contributed by atoms with Crippen LogP contribution in [0.2, 0.25) is 10.0 Å². The smallest absolute Gasteiger partial charge is 0.292 e. The lowest BCUT2D eigenvalue weighted by Crippen LogP contribution is -2.34. The van der Waals surface area contributed by atoms with E-state index < -0.39 is 11.6 Å². The Morgan fingerprint density at radius 3 is 2.62 bits per heavy atom. The summed E-state index contributed by atoms with van der Waals surface area (Å²) in [5, 5.41) is 11.8. The fraction of sp³-hybridized carbons (Fsp3) is 0.263. The van der Waals surface area contributed by atoms with Gasteiger partial charge in [-0.05, 0) is 31.0 Å². The number of carbonyl (C=O) groups excluding carboxylic acids is 1. The molecule has 8 nitrogen and oxygen atoms in total. The molecule has 10 heteroatoms. The van der Waals surface area contributed by atoms with Gasteiger partial charge in [-0.3, -0.25) is 14.3 Å². The third-order valence-electron chi connectivity index (χ3n) is 4.86. The molecule has 3 heterocycles. The molecule has 0 radical (unpaired) electrons. The quantitative estimate of drug-likeness (QED) is 0.684. The number of anilines is 2. The fourth-order valence-corrected chi connectivity index (χ4v) is 3.59. The molecule has 0 saturated carbocycles. The monoisotopic (exact) mass is 432 g/mol. The first-order chi connectivity index (χ1) is 13.8. The van der Waals surface area contributed by atoms with Crippen LogP contribution >= 0.6 is 23.2 Å². The molecule has 1 atom stereocenters. The van der Waals surface area contributed by atoms with Crippen LogP contribution in [0.4, 0.5) is 11.4 Å². The van der Waals surface area contributed by atoms with Crippen LogP contribution in [0.5, 0.6) is 0 Å². The number of aromatic nitrogens is 4. The molecule has 29 heavy (non-hydrogen) atoms. The van der Waals surface area contributed by atoms with Gasteiger partial charge in [0, 0.05) is 24.8 Å². The van der Waals surface area contributed by atoms with Gasteiger partial charge in [-0.25, -0.2) is 0 Å². The molecule has 0 bridgehead atoms. The number of carbonyl (C=O) groups is 1. The van der Waals surface area contributed by atoms with Gasteiger partial charge >= 0.3 is 0 Å². The molecule has 1 aliphatic heterocycles. The Morgan fingerprint density at radius 2 is 1.93 bits per heavy atom. The van der Waals surface area contributed by atoms with Crippen LogP contribution in [-0.4, -0.2) is 38.1 Å². The lowest BCUT2D eigenvalue weighted by Gasteiger charge is -2.16. The molecule has 0 spiro atoms. The summed E-state index contributed by atoms with van der Waals surface area (Å²) in [7, 11) is 1.79. The van der Waals surface area contributed by atoms with Gasteiger partial charge in [-0.2, -0.15) is 14.9 Å². The molecular weight excluding hydrogens is 415 g/mol. The fourth-order valence-electron chi connectivity index (χ4n) is 3.24. The summed E-state index contributed by atoms with van der Waals surface area (Å²) >= 11 is 12.4. The molecule has 1 aromatic carbocycles. The Morgan fingerprint density at radius 1 is 1.14 bits per heavy atom. The van der Waals surface area contributed by atoms with E-state index in [2.05, 4.69) is 15.5 Å². The van der Waals surface area contributed by atoms with E-state index in [0.717, 1.165) is 11.3 Å². The van der Waals surface area contributed by atoms with Gasteiger partial charge in [0.15, 0.2) is 0 Å². The largest absolute Gasteiger partial charge is 0.371 e. The van der Waals surface area contributed by atoms with E-state index in [1.165, 1.54) is 10.9 Å². The molecule has 3 aromatic rings. The van der Waals surface area contributed by atoms with Gasteiger partial charge in [-0.15, -0.1) is 0 Å². The van der Waals surface area contributed by atoms with Crippen LogP contribution in [0.1, 0.15) is 12.0 Å². The van der Waals surface area contributed by atoms with Crippen molar-refractivity contribution in [3.63, 3.8) is 0 Å². The van der Waals surface area contributed by atoms with Gasteiger partial charge in [0.1, 0.15) is 11.1 Å². The van der Waals surface area contributed by atoms with E-state index in [1.54, 1.807) is 47.2 Å². The molecule has 1 fully saturated rings. The number of nitrogens with zero attached hydrogens (tertiary/aromatic N) is 5. The second-order valence-electron chi connectivity index (χ2n) is 6.87. The number of amides is 1. The normalized spacial score (nSPS) is 16.5. The lowest BCUT2D eigenvalue weighted by atomic mass is 10.2. The topological polar surface area (TPSA) is 85.1 Å². The zero-order chi connectivity index (χ0) is 20.7. The minimum absolute atomic E-state index is 0.0377. The molecule has 150 valence electrons. The second-order valence-corrected chi connectivity index (χ2v) is 7.66. The lowest BCUT2D eigenvalue weighted by molar-refractivity contribution is -0.117. The van der Waals surface area contributed by atoms with Crippen LogP contribution in [0.3, 0.4) is 0 Å². The van der Waals surface area contributed by atoms with Crippen molar-refractivity contribution in [1.29, 1.82) is 0 Å². The zero-order valence-electron chi connectivity index (χ0n) is 15.8. The van der Waals surface area contributed by atoms with Crippen LogP contribution in [0.15, 0.2) is 41.6 Å². The van der Waals surface area contributed by atoms with E-state index in [4.69, 9.17) is 23.2 Å². The third-order valence-corrected chi connectivity index (χ3v) is 5.63. The molecule has 4 rings (SSSR count). The summed E-state index contributed by atoms with van der Waals surface area (Å²) in [6.07, 6.45) is 5.43. The third kappa shape index (κ3) is 3.61. The maximum atomic E-state index is 12.7. The van der Waals surface area contributed by atoms with Gasteiger partial charge in [0.25, 0.3) is 5.56 Å². The molecule has 1 amide bonds. The first-order valence-electron chi connectivity index (χ1n) is 8.96. The van der Waals surface area contributed by atoms with Crippen molar-refractivity contribution in [2.45, 2.75) is 19.4 Å². The highest BCUT2D eigenvalue weighted by Gasteiger charge is 2.33. The molecule has 1 saturated heterocycles. The summed E-state index contributed by atoms with van der Waals surface area (Å²) in [5.74, 6) is -0.108. The summed E-state index contributed by atoms with van der Waals surface area (Å²) < 4.78 is 2.82. The van der Waals surface area contributed by atoms with Crippen LogP contribution in [0, 0.1) is 6.92 Å². The van der Waals surface area contributed by atoms with E-state index >= 15 is 0 Å².